The fraction of sp³-hybridized carbons (Fsp3) is 0.565. The predicted molar refractivity (Wildman–Crippen MR) is 132 cm³/mol. The van der Waals surface area contributed by atoms with Crippen molar-refractivity contribution in [3.63, 3.8) is 0 Å². The highest BCUT2D eigenvalue weighted by atomic mass is 32.1. The van der Waals surface area contributed by atoms with E-state index in [1.54, 1.807) is 6.07 Å². The van der Waals surface area contributed by atoms with Gasteiger partial charge < -0.3 is 31.7 Å². The van der Waals surface area contributed by atoms with Crippen LogP contribution in [0.2, 0.25) is 0 Å². The lowest BCUT2D eigenvalue weighted by atomic mass is 10.0. The van der Waals surface area contributed by atoms with Crippen LogP contribution in [-0.2, 0) is 9.53 Å². The smallest absolute Gasteiger partial charge is 0.260 e. The Kier molecular flexibility index (Phi) is 9.02. The maximum atomic E-state index is 13.1. The molecule has 1 saturated carbocycles. The molecule has 1 aromatic carbocycles. The van der Waals surface area contributed by atoms with Gasteiger partial charge in [0.15, 0.2) is 5.90 Å². The number of thiocarbonyl (C=S) groups is 1. The maximum Gasteiger partial charge on any atom is 0.260 e. The minimum atomic E-state index is -0.719. The number of carbonyl (C=O) groups excluding carboxylic acids is 2. The summed E-state index contributed by atoms with van der Waals surface area (Å²) in [7, 11) is 0. The number of nitrogens with one attached hydrogen (secondary N) is 3. The number of carbonyl (C=O) groups is 2. The standard InChI is InChI=1S/C23H34N6O3S/c24-11-5-10-19(22(31)27-18-9-4-8-17(18)20(25)32-23(26)33)28-21(30)15-6-3-7-16(14-15)29-12-1-2-13-29/h3,6-7,14,17-19,25H,1-2,4-5,8-13,24H2,(H2,26,33)(H,27,31)(H,28,30). The van der Waals surface area contributed by atoms with Gasteiger partial charge in [0.25, 0.3) is 11.1 Å². The van der Waals surface area contributed by atoms with Crippen LogP contribution >= 0.6 is 12.2 Å². The average molecular weight is 475 g/mol. The molecule has 3 rings (SSSR count). The van der Waals surface area contributed by atoms with Crippen LogP contribution in [0.5, 0.6) is 0 Å². The summed E-state index contributed by atoms with van der Waals surface area (Å²) in [6.07, 6.45) is 5.60. The van der Waals surface area contributed by atoms with Gasteiger partial charge in [0.2, 0.25) is 5.91 Å². The summed E-state index contributed by atoms with van der Waals surface area (Å²) < 4.78 is 5.10. The zero-order valence-corrected chi connectivity index (χ0v) is 19.7. The second kappa shape index (κ2) is 11.9. The summed E-state index contributed by atoms with van der Waals surface area (Å²) in [5.74, 6) is -0.904. The molecule has 0 radical (unpaired) electrons. The van der Waals surface area contributed by atoms with E-state index in [1.807, 2.05) is 18.2 Å². The van der Waals surface area contributed by atoms with Crippen LogP contribution in [0.15, 0.2) is 24.3 Å². The summed E-state index contributed by atoms with van der Waals surface area (Å²) in [4.78, 5) is 28.4. The third kappa shape index (κ3) is 6.88. The second-order valence-corrected chi connectivity index (χ2v) is 9.04. The summed E-state index contributed by atoms with van der Waals surface area (Å²) in [6, 6.07) is 6.52. The maximum absolute atomic E-state index is 13.1. The molecule has 33 heavy (non-hydrogen) atoms. The monoisotopic (exact) mass is 474 g/mol. The van der Waals surface area contributed by atoms with Gasteiger partial charge in [-0.15, -0.1) is 0 Å². The van der Waals surface area contributed by atoms with Crippen molar-refractivity contribution >= 4 is 40.8 Å². The number of hydrogen-bond acceptors (Lipinski definition) is 7. The van der Waals surface area contributed by atoms with E-state index in [2.05, 4.69) is 15.5 Å². The molecule has 7 N–H and O–H groups in total. The Balaban J connectivity index is 1.65. The second-order valence-electron chi connectivity index (χ2n) is 8.64. The minimum Gasteiger partial charge on any atom is -0.417 e. The third-order valence-corrected chi connectivity index (χ3v) is 6.37. The Hall–Kier alpha value is -2.72. The van der Waals surface area contributed by atoms with Gasteiger partial charge in [0.1, 0.15) is 6.04 Å². The lowest BCUT2D eigenvalue weighted by Gasteiger charge is -2.25. The van der Waals surface area contributed by atoms with Crippen molar-refractivity contribution in [2.24, 2.45) is 17.4 Å². The molecule has 3 unspecified atom stereocenters. The van der Waals surface area contributed by atoms with E-state index < -0.39 is 6.04 Å². The van der Waals surface area contributed by atoms with Crippen molar-refractivity contribution < 1.29 is 14.3 Å². The van der Waals surface area contributed by atoms with Gasteiger partial charge in [0, 0.05) is 30.4 Å². The van der Waals surface area contributed by atoms with E-state index in [0.717, 1.165) is 44.5 Å². The van der Waals surface area contributed by atoms with Gasteiger partial charge in [-0.1, -0.05) is 12.5 Å². The number of nitrogens with zero attached hydrogens (tertiary/aromatic N) is 1. The van der Waals surface area contributed by atoms with Crippen molar-refractivity contribution in [3.8, 4) is 0 Å². The molecule has 10 heteroatoms. The van der Waals surface area contributed by atoms with Crippen molar-refractivity contribution in [3.05, 3.63) is 29.8 Å². The molecule has 1 heterocycles. The number of amides is 2. The molecular formula is C23H34N6O3S. The largest absolute Gasteiger partial charge is 0.417 e. The summed E-state index contributed by atoms with van der Waals surface area (Å²) in [5.41, 5.74) is 12.6. The molecule has 1 saturated heterocycles. The number of benzene rings is 1. The highest BCUT2D eigenvalue weighted by Gasteiger charge is 2.35. The normalized spacial score (nSPS) is 20.8. The van der Waals surface area contributed by atoms with Gasteiger partial charge in [0.05, 0.1) is 5.92 Å². The molecule has 2 amide bonds. The zero-order chi connectivity index (χ0) is 23.8. The molecule has 1 aliphatic heterocycles. The molecule has 1 aliphatic carbocycles. The van der Waals surface area contributed by atoms with Crippen molar-refractivity contribution in [2.45, 2.75) is 57.0 Å². The Morgan fingerprint density at radius 3 is 2.70 bits per heavy atom. The fourth-order valence-corrected chi connectivity index (χ4v) is 4.66. The molecule has 0 spiro atoms. The summed E-state index contributed by atoms with van der Waals surface area (Å²) in [5, 5.41) is 13.8. The van der Waals surface area contributed by atoms with Crippen molar-refractivity contribution in [1.82, 2.24) is 10.6 Å². The molecule has 3 atom stereocenters. The highest BCUT2D eigenvalue weighted by molar-refractivity contribution is 7.80. The SMILES string of the molecule is N=C(OC(N)=S)C1CCCC1NC(=O)C(CCCN)NC(=O)c1cccc(N2CCCC2)c1. The van der Waals surface area contributed by atoms with E-state index in [1.165, 1.54) is 0 Å². The van der Waals surface area contributed by atoms with Crippen LogP contribution in [-0.4, -0.2) is 54.6 Å². The molecule has 9 nitrogen and oxygen atoms in total. The molecule has 0 aromatic heterocycles. The quantitative estimate of drug-likeness (QED) is 0.208. The van der Waals surface area contributed by atoms with Crippen LogP contribution in [0, 0.1) is 11.3 Å². The first-order valence-electron chi connectivity index (χ1n) is 11.6. The Morgan fingerprint density at radius 2 is 2.00 bits per heavy atom. The van der Waals surface area contributed by atoms with E-state index >= 15 is 0 Å². The molecule has 2 fully saturated rings. The zero-order valence-electron chi connectivity index (χ0n) is 18.8. The number of rotatable bonds is 9. The van der Waals surface area contributed by atoms with Crippen LogP contribution in [0.1, 0.15) is 55.3 Å². The first-order valence-corrected chi connectivity index (χ1v) is 12.0. The number of hydrogen-bond donors (Lipinski definition) is 5. The number of anilines is 1. The van der Waals surface area contributed by atoms with Gasteiger partial charge in [-0.2, -0.15) is 0 Å². The van der Waals surface area contributed by atoms with E-state index in [0.29, 0.717) is 31.4 Å². The van der Waals surface area contributed by atoms with Crippen molar-refractivity contribution in [1.29, 1.82) is 5.41 Å². The molecular weight excluding hydrogens is 440 g/mol. The van der Waals surface area contributed by atoms with Crippen LogP contribution in [0.25, 0.3) is 0 Å². The summed E-state index contributed by atoms with van der Waals surface area (Å²) >= 11 is 4.73. The van der Waals surface area contributed by atoms with E-state index in [4.69, 9.17) is 33.8 Å². The Labute approximate surface area is 200 Å². The highest BCUT2D eigenvalue weighted by Crippen LogP contribution is 2.27. The van der Waals surface area contributed by atoms with Gasteiger partial charge in [-0.3, -0.25) is 15.0 Å². The van der Waals surface area contributed by atoms with Gasteiger partial charge in [-0.05, 0) is 75.5 Å². The first kappa shape index (κ1) is 24.9. The van der Waals surface area contributed by atoms with Gasteiger partial charge >= 0.3 is 0 Å². The topological polar surface area (TPSA) is 147 Å². The minimum absolute atomic E-state index is 0.0356. The first-order chi connectivity index (χ1) is 15.9. The van der Waals surface area contributed by atoms with Gasteiger partial charge in [-0.25, -0.2) is 0 Å². The molecule has 0 bridgehead atoms. The lowest BCUT2D eigenvalue weighted by molar-refractivity contribution is -0.124. The summed E-state index contributed by atoms with van der Waals surface area (Å²) in [6.45, 7) is 2.40. The Bertz CT molecular complexity index is 874. The molecule has 180 valence electrons. The van der Waals surface area contributed by atoms with Crippen LogP contribution in [0.3, 0.4) is 0 Å². The predicted octanol–water partition coefficient (Wildman–Crippen LogP) is 1.65. The number of ether oxygens (including phenoxy) is 1. The number of nitrogens with two attached hydrogens (primary N) is 2. The van der Waals surface area contributed by atoms with Crippen molar-refractivity contribution in [2.75, 3.05) is 24.5 Å². The van der Waals surface area contributed by atoms with E-state index in [-0.39, 0.29) is 34.8 Å². The van der Waals surface area contributed by atoms with E-state index in [9.17, 15) is 9.59 Å². The molecule has 2 aliphatic rings. The average Bonchev–Trinajstić information content (AvgIpc) is 3.48. The van der Waals surface area contributed by atoms with Crippen LogP contribution < -0.4 is 27.0 Å². The Morgan fingerprint density at radius 1 is 1.24 bits per heavy atom. The van der Waals surface area contributed by atoms with Crippen LogP contribution in [0.4, 0.5) is 5.69 Å². The third-order valence-electron chi connectivity index (χ3n) is 6.29. The lowest BCUT2D eigenvalue weighted by Crippen LogP contribution is -2.51. The fourth-order valence-electron chi connectivity index (χ4n) is 4.57. The molecule has 1 aromatic rings.